The van der Waals surface area contributed by atoms with Crippen molar-refractivity contribution in [1.29, 1.82) is 0 Å². The normalized spacial score (nSPS) is 20.2. The standard InChI is InChI=1S/C10H16/c1-3-9(2)8-10-6-4-5-7-10/h4-7,9-10H,3,8H2,1-2H3. The van der Waals surface area contributed by atoms with E-state index in [1.54, 1.807) is 0 Å². The Hall–Kier alpha value is -0.520. The highest BCUT2D eigenvalue weighted by Crippen LogP contribution is 2.20. The van der Waals surface area contributed by atoms with E-state index in [4.69, 9.17) is 0 Å². The Morgan fingerprint density at radius 3 is 2.40 bits per heavy atom. The smallest absolute Gasteiger partial charge is 0.00447 e. The molecule has 1 unspecified atom stereocenters. The zero-order valence-corrected chi connectivity index (χ0v) is 6.88. The molecular weight excluding hydrogens is 120 g/mol. The monoisotopic (exact) mass is 136 g/mol. The van der Waals surface area contributed by atoms with Crippen LogP contribution in [0.3, 0.4) is 0 Å². The molecule has 0 aromatic heterocycles. The molecule has 0 saturated carbocycles. The summed E-state index contributed by atoms with van der Waals surface area (Å²) in [5, 5.41) is 0. The number of rotatable bonds is 3. The molecule has 0 radical (unpaired) electrons. The van der Waals surface area contributed by atoms with Gasteiger partial charge in [-0.1, -0.05) is 44.6 Å². The second-order valence-electron chi connectivity index (χ2n) is 3.18. The molecule has 1 aliphatic rings. The fourth-order valence-electron chi connectivity index (χ4n) is 1.27. The molecule has 0 saturated heterocycles. The first kappa shape index (κ1) is 7.59. The van der Waals surface area contributed by atoms with Gasteiger partial charge in [-0.05, 0) is 18.3 Å². The molecule has 0 aliphatic heterocycles. The molecule has 0 nitrogen and oxygen atoms in total. The molecule has 0 fully saturated rings. The lowest BCUT2D eigenvalue weighted by atomic mass is 9.95. The van der Waals surface area contributed by atoms with Gasteiger partial charge < -0.3 is 0 Å². The van der Waals surface area contributed by atoms with Crippen LogP contribution in [0.5, 0.6) is 0 Å². The Morgan fingerprint density at radius 1 is 1.30 bits per heavy atom. The second-order valence-corrected chi connectivity index (χ2v) is 3.18. The predicted molar refractivity (Wildman–Crippen MR) is 45.8 cm³/mol. The summed E-state index contributed by atoms with van der Waals surface area (Å²) in [6, 6.07) is 0. The van der Waals surface area contributed by atoms with E-state index in [0.717, 1.165) is 11.8 Å². The van der Waals surface area contributed by atoms with Gasteiger partial charge in [-0.25, -0.2) is 0 Å². The van der Waals surface area contributed by atoms with Crippen LogP contribution in [0.2, 0.25) is 0 Å². The van der Waals surface area contributed by atoms with Gasteiger partial charge in [-0.15, -0.1) is 0 Å². The summed E-state index contributed by atoms with van der Waals surface area (Å²) in [5.74, 6) is 1.60. The van der Waals surface area contributed by atoms with Crippen LogP contribution in [-0.4, -0.2) is 0 Å². The van der Waals surface area contributed by atoms with E-state index < -0.39 is 0 Å². The molecule has 0 aromatic carbocycles. The van der Waals surface area contributed by atoms with Gasteiger partial charge in [0, 0.05) is 0 Å². The van der Waals surface area contributed by atoms with Crippen molar-refractivity contribution in [3.05, 3.63) is 24.3 Å². The molecule has 10 heavy (non-hydrogen) atoms. The van der Waals surface area contributed by atoms with Crippen LogP contribution < -0.4 is 0 Å². The molecule has 0 bridgehead atoms. The maximum atomic E-state index is 2.32. The molecule has 56 valence electrons. The predicted octanol–water partition coefficient (Wildman–Crippen LogP) is 3.16. The average molecular weight is 136 g/mol. The fraction of sp³-hybridized carbons (Fsp3) is 0.600. The lowest BCUT2D eigenvalue weighted by molar-refractivity contribution is 0.479. The van der Waals surface area contributed by atoms with E-state index in [9.17, 15) is 0 Å². The largest absolute Gasteiger partial charge is 0.0776 e. The van der Waals surface area contributed by atoms with Gasteiger partial charge in [0.05, 0.1) is 0 Å². The summed E-state index contributed by atoms with van der Waals surface area (Å²) >= 11 is 0. The van der Waals surface area contributed by atoms with E-state index >= 15 is 0 Å². The molecule has 1 rings (SSSR count). The Balaban J connectivity index is 2.25. The van der Waals surface area contributed by atoms with Gasteiger partial charge >= 0.3 is 0 Å². The lowest BCUT2D eigenvalue weighted by Crippen LogP contribution is -1.98. The molecule has 0 N–H and O–H groups in total. The van der Waals surface area contributed by atoms with E-state index in [-0.39, 0.29) is 0 Å². The van der Waals surface area contributed by atoms with Crippen molar-refractivity contribution >= 4 is 0 Å². The van der Waals surface area contributed by atoms with Crippen LogP contribution in [0.25, 0.3) is 0 Å². The third-order valence-electron chi connectivity index (χ3n) is 2.20. The fourth-order valence-corrected chi connectivity index (χ4v) is 1.27. The number of hydrogen-bond acceptors (Lipinski definition) is 0. The van der Waals surface area contributed by atoms with E-state index in [1.807, 2.05) is 0 Å². The van der Waals surface area contributed by atoms with Crippen molar-refractivity contribution in [2.45, 2.75) is 26.7 Å². The van der Waals surface area contributed by atoms with E-state index in [2.05, 4.69) is 38.2 Å². The maximum Gasteiger partial charge on any atom is -0.00447 e. The minimum atomic E-state index is 0.731. The van der Waals surface area contributed by atoms with Gasteiger partial charge in [-0.2, -0.15) is 0 Å². The van der Waals surface area contributed by atoms with Crippen molar-refractivity contribution in [3.8, 4) is 0 Å². The quantitative estimate of drug-likeness (QED) is 0.559. The third-order valence-corrected chi connectivity index (χ3v) is 2.20. The minimum Gasteiger partial charge on any atom is -0.0776 e. The van der Waals surface area contributed by atoms with Gasteiger partial charge in [0.15, 0.2) is 0 Å². The van der Waals surface area contributed by atoms with Crippen LogP contribution in [0, 0.1) is 11.8 Å². The van der Waals surface area contributed by atoms with Crippen molar-refractivity contribution in [3.63, 3.8) is 0 Å². The molecule has 0 aromatic rings. The Kier molecular flexibility index (Phi) is 2.73. The number of hydrogen-bond donors (Lipinski definition) is 0. The van der Waals surface area contributed by atoms with Gasteiger partial charge in [0.2, 0.25) is 0 Å². The highest BCUT2D eigenvalue weighted by atomic mass is 14.1. The summed E-state index contributed by atoms with van der Waals surface area (Å²) < 4.78 is 0. The van der Waals surface area contributed by atoms with Gasteiger partial charge in [0.25, 0.3) is 0 Å². The first-order valence-electron chi connectivity index (χ1n) is 4.18. The van der Waals surface area contributed by atoms with E-state index in [1.165, 1.54) is 12.8 Å². The molecular formula is C10H16. The summed E-state index contributed by atoms with van der Waals surface area (Å²) in [5.41, 5.74) is 0. The zero-order valence-electron chi connectivity index (χ0n) is 6.88. The Bertz CT molecular complexity index is 130. The molecule has 0 heterocycles. The van der Waals surface area contributed by atoms with Crippen molar-refractivity contribution in [2.75, 3.05) is 0 Å². The highest BCUT2D eigenvalue weighted by Gasteiger charge is 2.07. The topological polar surface area (TPSA) is 0 Å². The van der Waals surface area contributed by atoms with Crippen LogP contribution in [-0.2, 0) is 0 Å². The molecule has 1 atom stereocenters. The van der Waals surface area contributed by atoms with Crippen molar-refractivity contribution in [1.82, 2.24) is 0 Å². The Labute approximate surface area is 63.6 Å². The van der Waals surface area contributed by atoms with Crippen LogP contribution >= 0.6 is 0 Å². The minimum absolute atomic E-state index is 0.731. The number of allylic oxidation sites excluding steroid dienone is 4. The van der Waals surface area contributed by atoms with Crippen LogP contribution in [0.4, 0.5) is 0 Å². The van der Waals surface area contributed by atoms with Crippen molar-refractivity contribution in [2.24, 2.45) is 11.8 Å². The summed E-state index contributed by atoms with van der Waals surface area (Å²) in [6.45, 7) is 4.58. The Morgan fingerprint density at radius 2 is 1.90 bits per heavy atom. The summed E-state index contributed by atoms with van der Waals surface area (Å²) in [4.78, 5) is 0. The van der Waals surface area contributed by atoms with Crippen LogP contribution in [0.1, 0.15) is 26.7 Å². The molecule has 0 amide bonds. The average Bonchev–Trinajstić information content (AvgIpc) is 2.40. The molecule has 1 aliphatic carbocycles. The van der Waals surface area contributed by atoms with Crippen LogP contribution in [0.15, 0.2) is 24.3 Å². The second kappa shape index (κ2) is 3.60. The summed E-state index contributed by atoms with van der Waals surface area (Å²) in [7, 11) is 0. The zero-order chi connectivity index (χ0) is 7.40. The van der Waals surface area contributed by atoms with Gasteiger partial charge in [-0.3, -0.25) is 0 Å². The summed E-state index contributed by atoms with van der Waals surface area (Å²) in [6.07, 6.45) is 11.5. The lowest BCUT2D eigenvalue weighted by Gasteiger charge is -2.10. The van der Waals surface area contributed by atoms with Gasteiger partial charge in [0.1, 0.15) is 0 Å². The maximum absolute atomic E-state index is 2.32. The van der Waals surface area contributed by atoms with Crippen molar-refractivity contribution < 1.29 is 0 Å². The SMILES string of the molecule is CCC(C)CC1C=CC=C1. The third kappa shape index (κ3) is 2.02. The first-order chi connectivity index (χ1) is 4.83. The van der Waals surface area contributed by atoms with E-state index in [0.29, 0.717) is 0 Å². The highest BCUT2D eigenvalue weighted by molar-refractivity contribution is 5.17. The molecule has 0 heteroatoms. The first-order valence-corrected chi connectivity index (χ1v) is 4.18. The molecule has 0 spiro atoms.